The van der Waals surface area contributed by atoms with E-state index in [1.165, 1.54) is 6.92 Å². The molecule has 3 rings (SSSR count). The van der Waals surface area contributed by atoms with Crippen molar-refractivity contribution in [2.45, 2.75) is 111 Å². The van der Waals surface area contributed by atoms with Crippen LogP contribution in [-0.2, 0) is 35.1 Å². The van der Waals surface area contributed by atoms with Gasteiger partial charge in [0, 0.05) is 24.5 Å². The highest BCUT2D eigenvalue weighted by molar-refractivity contribution is 6.09. The Kier molecular flexibility index (Phi) is 14.4. The van der Waals surface area contributed by atoms with Gasteiger partial charge in [-0.2, -0.15) is 0 Å². The van der Waals surface area contributed by atoms with Gasteiger partial charge in [0.1, 0.15) is 23.7 Å². The van der Waals surface area contributed by atoms with Crippen LogP contribution in [0.1, 0.15) is 96.1 Å². The minimum Gasteiger partial charge on any atom is -0.361 e. The number of amides is 4. The molecular weight excluding hydrogens is 636 g/mol. The topological polar surface area (TPSA) is 163 Å². The highest BCUT2D eigenvalue weighted by atomic mass is 16.6. The van der Waals surface area contributed by atoms with Crippen molar-refractivity contribution in [1.82, 2.24) is 21.3 Å². The number of epoxide rings is 1. The zero-order chi connectivity index (χ0) is 37.2. The van der Waals surface area contributed by atoms with Crippen molar-refractivity contribution in [3.63, 3.8) is 0 Å². The fraction of sp³-hybridized carbons (Fsp3) is 0.538. The SMILES string of the molecule is CC(=O)N[C@@H](Cc1ccc(C(=O)c2ccccc2)cc1)C(=O)N[C@@H](CC(C)C)C(=O)N[C@@H](CC(C)C)C(=O)N[C@@H](CC(C)C)C(=O)C1(C)CO1. The highest BCUT2D eigenvalue weighted by Crippen LogP contribution is 2.29. The second kappa shape index (κ2) is 18.0. The van der Waals surface area contributed by atoms with E-state index in [4.69, 9.17) is 4.74 Å². The van der Waals surface area contributed by atoms with Crippen LogP contribution in [0.5, 0.6) is 0 Å². The van der Waals surface area contributed by atoms with Crippen LogP contribution < -0.4 is 21.3 Å². The average Bonchev–Trinajstić information content (AvgIpc) is 3.80. The van der Waals surface area contributed by atoms with Crippen molar-refractivity contribution in [2.24, 2.45) is 17.8 Å². The summed E-state index contributed by atoms with van der Waals surface area (Å²) in [7, 11) is 0. The lowest BCUT2D eigenvalue weighted by molar-refractivity contribution is -0.135. The first-order valence-corrected chi connectivity index (χ1v) is 17.5. The van der Waals surface area contributed by atoms with Crippen molar-refractivity contribution < 1.29 is 33.5 Å². The molecule has 0 aliphatic carbocycles. The van der Waals surface area contributed by atoms with E-state index < -0.39 is 53.4 Å². The Balaban J connectivity index is 1.75. The molecule has 4 N–H and O–H groups in total. The van der Waals surface area contributed by atoms with Gasteiger partial charge in [-0.05, 0) is 49.5 Å². The van der Waals surface area contributed by atoms with E-state index in [1.807, 2.05) is 47.6 Å². The molecule has 2 aromatic carbocycles. The van der Waals surface area contributed by atoms with Crippen molar-refractivity contribution in [2.75, 3.05) is 6.61 Å². The molecule has 0 spiro atoms. The standard InChI is InChI=1S/C39H54N4O7/c1-23(2)18-30(35(46)39(8)22-50-39)41-36(47)31(19-24(3)4)42-37(48)32(20-25(5)6)43-38(49)33(40-26(7)44)21-27-14-16-29(17-15-27)34(45)28-12-10-9-11-13-28/h9-17,23-25,30-33H,18-22H2,1-8H3,(H,40,44)(H,41,47)(H,42,48)(H,43,49)/t30-,31-,32-,33-,39?/m0/s1. The molecule has 0 radical (unpaired) electrons. The van der Waals surface area contributed by atoms with E-state index in [-0.39, 0.29) is 42.2 Å². The predicted octanol–water partition coefficient (Wildman–Crippen LogP) is 3.92. The lowest BCUT2D eigenvalue weighted by Gasteiger charge is -2.28. The summed E-state index contributed by atoms with van der Waals surface area (Å²) in [5.41, 5.74) is 0.842. The molecule has 1 aliphatic heterocycles. The molecule has 0 saturated carbocycles. The third-order valence-electron chi connectivity index (χ3n) is 8.50. The van der Waals surface area contributed by atoms with Crippen LogP contribution >= 0.6 is 0 Å². The fourth-order valence-corrected chi connectivity index (χ4v) is 5.78. The summed E-state index contributed by atoms with van der Waals surface area (Å²) in [4.78, 5) is 79.3. The van der Waals surface area contributed by atoms with E-state index in [2.05, 4.69) is 21.3 Å². The van der Waals surface area contributed by atoms with Gasteiger partial charge in [-0.15, -0.1) is 0 Å². The number of nitrogens with one attached hydrogen (secondary N) is 4. The number of carbonyl (C=O) groups excluding carboxylic acids is 6. The molecule has 50 heavy (non-hydrogen) atoms. The Bertz CT molecular complexity index is 1500. The molecule has 2 aromatic rings. The summed E-state index contributed by atoms with van der Waals surface area (Å²) in [5.74, 6) is -2.16. The van der Waals surface area contributed by atoms with Crippen molar-refractivity contribution in [1.29, 1.82) is 0 Å². The maximum absolute atomic E-state index is 13.8. The zero-order valence-corrected chi connectivity index (χ0v) is 30.6. The first-order chi connectivity index (χ1) is 23.5. The van der Waals surface area contributed by atoms with E-state index in [9.17, 15) is 28.8 Å². The second-order valence-corrected chi connectivity index (χ2v) is 14.8. The molecule has 1 heterocycles. The Morgan fingerprint density at radius 2 is 1.04 bits per heavy atom. The Labute approximate surface area is 296 Å². The van der Waals surface area contributed by atoms with Crippen LogP contribution in [0.3, 0.4) is 0 Å². The molecule has 0 bridgehead atoms. The number of rotatable bonds is 19. The van der Waals surface area contributed by atoms with E-state index in [1.54, 1.807) is 55.5 Å². The number of carbonyl (C=O) groups is 6. The third-order valence-corrected chi connectivity index (χ3v) is 8.50. The van der Waals surface area contributed by atoms with Crippen LogP contribution in [0.25, 0.3) is 0 Å². The summed E-state index contributed by atoms with van der Waals surface area (Å²) >= 11 is 0. The van der Waals surface area contributed by atoms with Gasteiger partial charge in [0.25, 0.3) is 0 Å². The predicted molar refractivity (Wildman–Crippen MR) is 191 cm³/mol. The molecule has 1 fully saturated rings. The molecule has 11 nitrogen and oxygen atoms in total. The average molecular weight is 691 g/mol. The van der Waals surface area contributed by atoms with Crippen LogP contribution in [0.2, 0.25) is 0 Å². The highest BCUT2D eigenvalue weighted by Gasteiger charge is 2.50. The molecule has 5 atom stereocenters. The summed E-state index contributed by atoms with van der Waals surface area (Å²) in [6.45, 7) is 14.9. The third kappa shape index (κ3) is 12.2. The number of benzene rings is 2. The molecule has 1 aliphatic rings. The van der Waals surface area contributed by atoms with Gasteiger partial charge in [-0.1, -0.05) is 96.1 Å². The van der Waals surface area contributed by atoms with E-state index in [0.717, 1.165) is 0 Å². The first-order valence-electron chi connectivity index (χ1n) is 17.5. The molecule has 272 valence electrons. The molecular formula is C39H54N4O7. The number of hydrogen-bond donors (Lipinski definition) is 4. The quantitative estimate of drug-likeness (QED) is 0.128. The summed E-state index contributed by atoms with van der Waals surface area (Å²) in [5, 5.41) is 11.2. The number of hydrogen-bond acceptors (Lipinski definition) is 7. The molecule has 4 amide bonds. The lowest BCUT2D eigenvalue weighted by Crippen LogP contribution is -2.58. The van der Waals surface area contributed by atoms with Gasteiger partial charge < -0.3 is 26.0 Å². The van der Waals surface area contributed by atoms with Crippen molar-refractivity contribution in [3.8, 4) is 0 Å². The van der Waals surface area contributed by atoms with E-state index >= 15 is 0 Å². The van der Waals surface area contributed by atoms with Crippen LogP contribution in [0.15, 0.2) is 54.6 Å². The van der Waals surface area contributed by atoms with Crippen LogP contribution in [0.4, 0.5) is 0 Å². The number of Topliss-reactive ketones (excluding diaryl/α,β-unsaturated/α-hetero) is 1. The normalized spacial score (nSPS) is 17.7. The van der Waals surface area contributed by atoms with Crippen molar-refractivity contribution in [3.05, 3.63) is 71.3 Å². The van der Waals surface area contributed by atoms with Gasteiger partial charge in [-0.25, -0.2) is 0 Å². The summed E-state index contributed by atoms with van der Waals surface area (Å²) in [6.07, 6.45) is 1.14. The zero-order valence-electron chi connectivity index (χ0n) is 30.6. The summed E-state index contributed by atoms with van der Waals surface area (Å²) in [6, 6.07) is 12.0. The smallest absolute Gasteiger partial charge is 0.243 e. The van der Waals surface area contributed by atoms with Gasteiger partial charge >= 0.3 is 0 Å². The lowest BCUT2D eigenvalue weighted by atomic mass is 9.92. The Hall–Kier alpha value is -4.38. The minimum atomic E-state index is -1.01. The van der Waals surface area contributed by atoms with E-state index in [0.29, 0.717) is 36.1 Å². The fourth-order valence-electron chi connectivity index (χ4n) is 5.78. The Morgan fingerprint density at radius 3 is 1.48 bits per heavy atom. The second-order valence-electron chi connectivity index (χ2n) is 14.8. The minimum absolute atomic E-state index is 0.00432. The maximum atomic E-state index is 13.8. The monoisotopic (exact) mass is 690 g/mol. The van der Waals surface area contributed by atoms with Gasteiger partial charge in [0.2, 0.25) is 23.6 Å². The van der Waals surface area contributed by atoms with Gasteiger partial charge in [0.05, 0.1) is 12.6 Å². The summed E-state index contributed by atoms with van der Waals surface area (Å²) < 4.78 is 5.36. The molecule has 11 heteroatoms. The number of ketones is 2. The van der Waals surface area contributed by atoms with Gasteiger partial charge in [0.15, 0.2) is 11.6 Å². The van der Waals surface area contributed by atoms with Crippen LogP contribution in [0, 0.1) is 17.8 Å². The molecule has 0 aromatic heterocycles. The molecule has 1 saturated heterocycles. The first kappa shape index (κ1) is 40.1. The maximum Gasteiger partial charge on any atom is 0.243 e. The van der Waals surface area contributed by atoms with Gasteiger partial charge in [-0.3, -0.25) is 28.8 Å². The van der Waals surface area contributed by atoms with Crippen LogP contribution in [-0.4, -0.2) is 71.6 Å². The number of ether oxygens (including phenoxy) is 1. The Morgan fingerprint density at radius 1 is 0.620 bits per heavy atom. The largest absolute Gasteiger partial charge is 0.361 e. The van der Waals surface area contributed by atoms with Crippen molar-refractivity contribution >= 4 is 35.2 Å². The molecule has 1 unspecified atom stereocenters.